The van der Waals surface area contributed by atoms with Crippen molar-refractivity contribution in [1.82, 2.24) is 4.90 Å². The van der Waals surface area contributed by atoms with Crippen LogP contribution in [0.4, 0.5) is 4.79 Å². The molecule has 1 fully saturated rings. The van der Waals surface area contributed by atoms with Gasteiger partial charge < -0.3 is 19.1 Å². The van der Waals surface area contributed by atoms with Crippen molar-refractivity contribution in [2.24, 2.45) is 0 Å². The van der Waals surface area contributed by atoms with E-state index in [1.807, 2.05) is 45.0 Å². The largest absolute Gasteiger partial charge is 0.493 e. The first-order valence-electron chi connectivity index (χ1n) is 8.31. The van der Waals surface area contributed by atoms with Crippen LogP contribution in [0.3, 0.4) is 0 Å². The monoisotopic (exact) mass is 399 g/mol. The zero-order chi connectivity index (χ0) is 17.6. The third kappa shape index (κ3) is 6.23. The quantitative estimate of drug-likeness (QED) is 0.694. The smallest absolute Gasteiger partial charge is 0.410 e. The maximum absolute atomic E-state index is 12.0. The number of carbonyl (C=O) groups excluding carboxylic acids is 1. The van der Waals surface area contributed by atoms with E-state index in [9.17, 15) is 4.79 Å². The summed E-state index contributed by atoms with van der Waals surface area (Å²) in [5, 5.41) is 0.807. The lowest BCUT2D eigenvalue weighted by atomic mass is 10.1. The van der Waals surface area contributed by atoms with Gasteiger partial charge in [0, 0.05) is 31.3 Å². The normalized spacial score (nSPS) is 15.9. The number of likely N-dealkylation sites (tertiary alicyclic amines) is 1. The van der Waals surface area contributed by atoms with E-state index in [-0.39, 0.29) is 12.2 Å². The van der Waals surface area contributed by atoms with Crippen LogP contribution in [0, 0.1) is 0 Å². The van der Waals surface area contributed by atoms with Gasteiger partial charge in [-0.05, 0) is 45.0 Å². The van der Waals surface area contributed by atoms with E-state index < -0.39 is 5.60 Å². The van der Waals surface area contributed by atoms with Gasteiger partial charge in [0.05, 0.1) is 6.61 Å². The molecule has 0 aromatic heterocycles. The molecule has 5 nitrogen and oxygen atoms in total. The Morgan fingerprint density at radius 3 is 2.29 bits per heavy atom. The summed E-state index contributed by atoms with van der Waals surface area (Å²) in [6, 6.07) is 7.66. The highest BCUT2D eigenvalue weighted by atomic mass is 79.9. The van der Waals surface area contributed by atoms with E-state index in [2.05, 4.69) is 15.9 Å². The number of amides is 1. The number of nitrogens with zero attached hydrogens (tertiary/aromatic N) is 1. The fraction of sp³-hybridized carbons (Fsp3) is 0.611. The number of alkyl halides is 1. The molecule has 1 aromatic rings. The van der Waals surface area contributed by atoms with Crippen molar-refractivity contribution in [3.63, 3.8) is 0 Å². The highest BCUT2D eigenvalue weighted by molar-refractivity contribution is 9.09. The zero-order valence-corrected chi connectivity index (χ0v) is 16.2. The van der Waals surface area contributed by atoms with Crippen LogP contribution in [-0.4, -0.2) is 47.7 Å². The Morgan fingerprint density at radius 2 is 1.75 bits per heavy atom. The minimum atomic E-state index is -0.455. The van der Waals surface area contributed by atoms with Gasteiger partial charge in [-0.15, -0.1) is 0 Å². The van der Waals surface area contributed by atoms with Crippen LogP contribution in [-0.2, 0) is 4.74 Å². The Labute approximate surface area is 152 Å². The molecular formula is C18H26BrNO4. The third-order valence-corrected chi connectivity index (χ3v) is 3.89. The maximum Gasteiger partial charge on any atom is 0.410 e. The van der Waals surface area contributed by atoms with Crippen molar-refractivity contribution < 1.29 is 19.0 Å². The second kappa shape index (κ2) is 8.60. The lowest BCUT2D eigenvalue weighted by molar-refractivity contribution is 0.0126. The van der Waals surface area contributed by atoms with Gasteiger partial charge in [-0.1, -0.05) is 15.9 Å². The summed E-state index contributed by atoms with van der Waals surface area (Å²) in [5.41, 5.74) is -0.455. The Balaban J connectivity index is 1.77. The molecule has 0 N–H and O–H groups in total. The van der Waals surface area contributed by atoms with E-state index >= 15 is 0 Å². The van der Waals surface area contributed by atoms with Crippen LogP contribution in [0.5, 0.6) is 11.5 Å². The average molecular weight is 400 g/mol. The molecule has 6 heteroatoms. The minimum absolute atomic E-state index is 0.123. The highest BCUT2D eigenvalue weighted by Crippen LogP contribution is 2.23. The number of rotatable bonds is 5. The molecule has 0 aliphatic carbocycles. The summed E-state index contributed by atoms with van der Waals surface area (Å²) in [5.74, 6) is 1.67. The Bertz CT molecular complexity index is 519. The molecule has 24 heavy (non-hydrogen) atoms. The fourth-order valence-corrected chi connectivity index (χ4v) is 2.61. The summed E-state index contributed by atoms with van der Waals surface area (Å²) in [6.07, 6.45) is 1.49. The Morgan fingerprint density at radius 1 is 1.17 bits per heavy atom. The van der Waals surface area contributed by atoms with Crippen LogP contribution in [0.15, 0.2) is 24.3 Å². The van der Waals surface area contributed by atoms with E-state index in [4.69, 9.17) is 14.2 Å². The van der Waals surface area contributed by atoms with Crippen LogP contribution in [0.1, 0.15) is 33.6 Å². The second-order valence-electron chi connectivity index (χ2n) is 6.79. The van der Waals surface area contributed by atoms with Gasteiger partial charge in [-0.2, -0.15) is 0 Å². The molecule has 1 aliphatic rings. The predicted molar refractivity (Wildman–Crippen MR) is 97.2 cm³/mol. The number of benzene rings is 1. The van der Waals surface area contributed by atoms with Crippen LogP contribution in [0.2, 0.25) is 0 Å². The molecule has 0 unspecified atom stereocenters. The maximum atomic E-state index is 12.0. The average Bonchev–Trinajstić information content (AvgIpc) is 2.53. The van der Waals surface area contributed by atoms with E-state index in [1.54, 1.807) is 4.90 Å². The minimum Gasteiger partial charge on any atom is -0.493 e. The lowest BCUT2D eigenvalue weighted by Gasteiger charge is -2.33. The summed E-state index contributed by atoms with van der Waals surface area (Å²) in [6.45, 7) is 7.60. The number of hydrogen-bond donors (Lipinski definition) is 0. The molecule has 0 spiro atoms. The van der Waals surface area contributed by atoms with Gasteiger partial charge in [0.1, 0.15) is 23.2 Å². The molecule has 0 radical (unpaired) electrons. The first kappa shape index (κ1) is 18.9. The highest BCUT2D eigenvalue weighted by Gasteiger charge is 2.27. The molecule has 1 aromatic carbocycles. The number of halogens is 1. The topological polar surface area (TPSA) is 48.0 Å². The SMILES string of the molecule is CC(C)(C)OC(=O)N1CCC(Oc2ccc(OCCBr)cc2)CC1. The summed E-state index contributed by atoms with van der Waals surface area (Å²) in [7, 11) is 0. The van der Waals surface area contributed by atoms with Gasteiger partial charge in [0.2, 0.25) is 0 Å². The lowest BCUT2D eigenvalue weighted by Crippen LogP contribution is -2.44. The first-order chi connectivity index (χ1) is 11.4. The van der Waals surface area contributed by atoms with Crippen molar-refractivity contribution in [3.8, 4) is 11.5 Å². The van der Waals surface area contributed by atoms with Crippen LogP contribution < -0.4 is 9.47 Å². The summed E-state index contributed by atoms with van der Waals surface area (Å²) >= 11 is 3.33. The van der Waals surface area contributed by atoms with E-state index in [0.29, 0.717) is 19.7 Å². The molecule has 2 rings (SSSR count). The first-order valence-corrected chi connectivity index (χ1v) is 9.43. The van der Waals surface area contributed by atoms with E-state index in [1.165, 1.54) is 0 Å². The zero-order valence-electron chi connectivity index (χ0n) is 14.6. The Kier molecular flexibility index (Phi) is 6.78. The molecule has 1 saturated heterocycles. The number of hydrogen-bond acceptors (Lipinski definition) is 4. The van der Waals surface area contributed by atoms with Crippen molar-refractivity contribution in [2.45, 2.75) is 45.3 Å². The molecule has 0 bridgehead atoms. The van der Waals surface area contributed by atoms with Gasteiger partial charge in [-0.25, -0.2) is 4.79 Å². The summed E-state index contributed by atoms with van der Waals surface area (Å²) < 4.78 is 16.9. The van der Waals surface area contributed by atoms with Crippen LogP contribution >= 0.6 is 15.9 Å². The second-order valence-corrected chi connectivity index (χ2v) is 7.59. The molecule has 1 heterocycles. The predicted octanol–water partition coefficient (Wildman–Crippen LogP) is 4.24. The van der Waals surface area contributed by atoms with E-state index in [0.717, 1.165) is 29.7 Å². The van der Waals surface area contributed by atoms with Crippen LogP contribution in [0.25, 0.3) is 0 Å². The van der Waals surface area contributed by atoms with Crippen molar-refractivity contribution >= 4 is 22.0 Å². The molecule has 1 amide bonds. The summed E-state index contributed by atoms with van der Waals surface area (Å²) in [4.78, 5) is 13.8. The van der Waals surface area contributed by atoms with Gasteiger partial charge in [-0.3, -0.25) is 0 Å². The molecule has 134 valence electrons. The third-order valence-electron chi connectivity index (χ3n) is 3.57. The van der Waals surface area contributed by atoms with Crippen molar-refractivity contribution in [1.29, 1.82) is 0 Å². The fourth-order valence-electron chi connectivity index (χ4n) is 2.45. The van der Waals surface area contributed by atoms with Crippen molar-refractivity contribution in [3.05, 3.63) is 24.3 Å². The van der Waals surface area contributed by atoms with Gasteiger partial charge in [0.25, 0.3) is 0 Å². The standard InChI is InChI=1S/C18H26BrNO4/c1-18(2,3)24-17(21)20-11-8-16(9-12-20)23-15-6-4-14(5-7-15)22-13-10-19/h4-7,16H,8-13H2,1-3H3. The molecule has 1 aliphatic heterocycles. The molecule has 0 atom stereocenters. The van der Waals surface area contributed by atoms with Gasteiger partial charge >= 0.3 is 6.09 Å². The Hall–Kier alpha value is -1.43. The number of carbonyl (C=O) groups is 1. The number of piperidine rings is 1. The molecule has 0 saturated carbocycles. The van der Waals surface area contributed by atoms with Crippen molar-refractivity contribution in [2.75, 3.05) is 25.0 Å². The number of ether oxygens (including phenoxy) is 3. The molecular weight excluding hydrogens is 374 g/mol. The van der Waals surface area contributed by atoms with Gasteiger partial charge in [0.15, 0.2) is 0 Å².